The number of aromatic nitrogens is 1. The maximum Gasteiger partial charge on any atom is 0.123 e. The molecule has 0 saturated heterocycles. The number of rotatable bonds is 5. The van der Waals surface area contributed by atoms with E-state index in [1.54, 1.807) is 0 Å². The van der Waals surface area contributed by atoms with Crippen LogP contribution in [0.4, 0.5) is 0 Å². The second-order valence-electron chi connectivity index (χ2n) is 6.61. The van der Waals surface area contributed by atoms with E-state index in [2.05, 4.69) is 64.2 Å². The van der Waals surface area contributed by atoms with Gasteiger partial charge in [0, 0.05) is 22.5 Å². The van der Waals surface area contributed by atoms with Gasteiger partial charge in [-0.3, -0.25) is 0 Å². The van der Waals surface area contributed by atoms with E-state index in [4.69, 9.17) is 4.98 Å². The lowest BCUT2D eigenvalue weighted by Crippen LogP contribution is -2.35. The van der Waals surface area contributed by atoms with E-state index < -0.39 is 0 Å². The minimum Gasteiger partial charge on any atom is -0.307 e. The highest BCUT2D eigenvalue weighted by molar-refractivity contribution is 7.15. The Kier molecular flexibility index (Phi) is 5.17. The molecule has 1 heterocycles. The molecule has 0 fully saturated rings. The molecule has 0 atom stereocenters. The molecular formula is C18H26N2S. The van der Waals surface area contributed by atoms with Crippen molar-refractivity contribution in [3.05, 3.63) is 40.4 Å². The van der Waals surface area contributed by atoms with E-state index >= 15 is 0 Å². The van der Waals surface area contributed by atoms with Crippen molar-refractivity contribution in [2.75, 3.05) is 0 Å². The van der Waals surface area contributed by atoms with Crippen molar-refractivity contribution < 1.29 is 0 Å². The molecule has 0 aliphatic rings. The Morgan fingerprint density at radius 3 is 2.62 bits per heavy atom. The molecule has 21 heavy (non-hydrogen) atoms. The summed E-state index contributed by atoms with van der Waals surface area (Å²) in [6.45, 7) is 11.9. The van der Waals surface area contributed by atoms with Crippen LogP contribution in [0.5, 0.6) is 0 Å². The highest BCUT2D eigenvalue weighted by Gasteiger charge is 2.15. The second kappa shape index (κ2) is 6.71. The van der Waals surface area contributed by atoms with Crippen LogP contribution in [0, 0.1) is 6.92 Å². The molecule has 2 nitrogen and oxygen atoms in total. The third-order valence-electron chi connectivity index (χ3n) is 3.31. The monoisotopic (exact) mass is 302 g/mol. The molecule has 0 radical (unpaired) electrons. The van der Waals surface area contributed by atoms with Crippen molar-refractivity contribution in [3.63, 3.8) is 0 Å². The average Bonchev–Trinajstić information content (AvgIpc) is 2.79. The minimum absolute atomic E-state index is 0.136. The lowest BCUT2D eigenvalue weighted by atomic mass is 10.1. The van der Waals surface area contributed by atoms with E-state index in [0.29, 0.717) is 0 Å². The van der Waals surface area contributed by atoms with Gasteiger partial charge in [-0.25, -0.2) is 4.98 Å². The minimum atomic E-state index is 0.136. The smallest absolute Gasteiger partial charge is 0.123 e. The molecule has 0 saturated carbocycles. The number of aryl methyl sites for hydroxylation is 2. The summed E-state index contributed by atoms with van der Waals surface area (Å²) in [7, 11) is 0. The fourth-order valence-electron chi connectivity index (χ4n) is 2.20. The lowest BCUT2D eigenvalue weighted by Gasteiger charge is -2.20. The second-order valence-corrected chi connectivity index (χ2v) is 7.70. The molecule has 0 aliphatic heterocycles. The van der Waals surface area contributed by atoms with Crippen LogP contribution in [0.25, 0.3) is 10.6 Å². The third-order valence-corrected chi connectivity index (χ3v) is 4.46. The molecule has 0 bridgehead atoms. The van der Waals surface area contributed by atoms with Gasteiger partial charge in [-0.15, -0.1) is 11.3 Å². The summed E-state index contributed by atoms with van der Waals surface area (Å²) in [6, 6.07) is 8.61. The highest BCUT2D eigenvalue weighted by atomic mass is 32.1. The number of thiazole rings is 1. The molecule has 0 spiro atoms. The van der Waals surface area contributed by atoms with Crippen LogP contribution in [0.1, 0.15) is 50.3 Å². The fraction of sp³-hybridized carbons (Fsp3) is 0.500. The van der Waals surface area contributed by atoms with Crippen LogP contribution in [0.3, 0.4) is 0 Å². The molecule has 2 aromatic rings. The highest BCUT2D eigenvalue weighted by Crippen LogP contribution is 2.29. The van der Waals surface area contributed by atoms with E-state index in [0.717, 1.165) is 24.4 Å². The number of hydrogen-bond donors (Lipinski definition) is 1. The fourth-order valence-corrected chi connectivity index (χ4v) is 3.24. The Morgan fingerprint density at radius 1 is 1.24 bits per heavy atom. The van der Waals surface area contributed by atoms with Gasteiger partial charge in [-0.2, -0.15) is 0 Å². The first-order chi connectivity index (χ1) is 9.89. The zero-order valence-electron chi connectivity index (χ0n) is 13.8. The van der Waals surface area contributed by atoms with E-state index in [9.17, 15) is 0 Å². The number of nitrogens with one attached hydrogen (secondary N) is 1. The van der Waals surface area contributed by atoms with Crippen molar-refractivity contribution in [2.24, 2.45) is 0 Å². The molecule has 3 heteroatoms. The zero-order valence-corrected chi connectivity index (χ0v) is 14.6. The quantitative estimate of drug-likeness (QED) is 0.844. The van der Waals surface area contributed by atoms with Crippen molar-refractivity contribution >= 4 is 11.3 Å². The van der Waals surface area contributed by atoms with Gasteiger partial charge in [0.2, 0.25) is 0 Å². The molecule has 114 valence electrons. The number of benzene rings is 1. The van der Waals surface area contributed by atoms with Gasteiger partial charge >= 0.3 is 0 Å². The van der Waals surface area contributed by atoms with Crippen molar-refractivity contribution in [2.45, 2.75) is 59.5 Å². The van der Waals surface area contributed by atoms with Crippen LogP contribution in [0.2, 0.25) is 0 Å². The predicted molar refractivity (Wildman–Crippen MR) is 92.9 cm³/mol. The molecule has 0 aliphatic carbocycles. The number of nitrogens with zero attached hydrogens (tertiary/aromatic N) is 1. The lowest BCUT2D eigenvalue weighted by molar-refractivity contribution is 0.425. The van der Waals surface area contributed by atoms with Crippen molar-refractivity contribution in [1.82, 2.24) is 10.3 Å². The van der Waals surface area contributed by atoms with Gasteiger partial charge in [0.25, 0.3) is 0 Å². The van der Waals surface area contributed by atoms with Gasteiger partial charge in [0.05, 0.1) is 5.69 Å². The van der Waals surface area contributed by atoms with Crippen LogP contribution in [-0.4, -0.2) is 10.5 Å². The first kappa shape index (κ1) is 16.2. The summed E-state index contributed by atoms with van der Waals surface area (Å²) in [5.74, 6) is 0. The Morgan fingerprint density at radius 2 is 2.00 bits per heavy atom. The standard InChI is InChI=1S/C18H26N2S/c1-6-8-15-16(12-19-18(3,4)5)21-17(20-15)14-10-7-9-13(2)11-14/h7,9-11,19H,6,8,12H2,1-5H3. The molecule has 1 N–H and O–H groups in total. The van der Waals surface area contributed by atoms with E-state index in [-0.39, 0.29) is 5.54 Å². The normalized spacial score (nSPS) is 11.9. The largest absolute Gasteiger partial charge is 0.307 e. The Bertz CT molecular complexity index is 594. The molecule has 1 aromatic carbocycles. The summed E-state index contributed by atoms with van der Waals surface area (Å²) in [5.41, 5.74) is 3.92. The number of hydrogen-bond acceptors (Lipinski definition) is 3. The van der Waals surface area contributed by atoms with Crippen LogP contribution >= 0.6 is 11.3 Å². The van der Waals surface area contributed by atoms with E-state index in [1.165, 1.54) is 21.7 Å². The van der Waals surface area contributed by atoms with Gasteiger partial charge in [-0.1, -0.05) is 37.1 Å². The Labute approximate surface area is 132 Å². The summed E-state index contributed by atoms with van der Waals surface area (Å²) in [4.78, 5) is 6.27. The van der Waals surface area contributed by atoms with Crippen LogP contribution in [-0.2, 0) is 13.0 Å². The molecule has 0 unspecified atom stereocenters. The molecule has 2 rings (SSSR count). The summed E-state index contributed by atoms with van der Waals surface area (Å²) < 4.78 is 0. The summed E-state index contributed by atoms with van der Waals surface area (Å²) in [6.07, 6.45) is 2.20. The van der Waals surface area contributed by atoms with Crippen molar-refractivity contribution in [3.8, 4) is 10.6 Å². The van der Waals surface area contributed by atoms with Crippen LogP contribution in [0.15, 0.2) is 24.3 Å². The zero-order chi connectivity index (χ0) is 15.5. The molecular weight excluding hydrogens is 276 g/mol. The maximum absolute atomic E-state index is 4.89. The van der Waals surface area contributed by atoms with Gasteiger partial charge in [0.1, 0.15) is 5.01 Å². The van der Waals surface area contributed by atoms with Crippen LogP contribution < -0.4 is 5.32 Å². The first-order valence-electron chi connectivity index (χ1n) is 7.69. The average molecular weight is 302 g/mol. The summed E-state index contributed by atoms with van der Waals surface area (Å²) in [5, 5.41) is 4.73. The topological polar surface area (TPSA) is 24.9 Å². The molecule has 0 amide bonds. The maximum atomic E-state index is 4.89. The summed E-state index contributed by atoms with van der Waals surface area (Å²) >= 11 is 1.83. The SMILES string of the molecule is CCCc1nc(-c2cccc(C)c2)sc1CNC(C)(C)C. The Hall–Kier alpha value is -1.19. The predicted octanol–water partition coefficient (Wildman–Crippen LogP) is 4.96. The third kappa shape index (κ3) is 4.65. The van der Waals surface area contributed by atoms with Crippen molar-refractivity contribution in [1.29, 1.82) is 0 Å². The van der Waals surface area contributed by atoms with Gasteiger partial charge in [-0.05, 0) is 40.2 Å². The van der Waals surface area contributed by atoms with Gasteiger partial charge < -0.3 is 5.32 Å². The molecule has 1 aromatic heterocycles. The van der Waals surface area contributed by atoms with E-state index in [1.807, 2.05) is 11.3 Å². The Balaban J connectivity index is 2.28. The first-order valence-corrected chi connectivity index (χ1v) is 8.51. The van der Waals surface area contributed by atoms with Gasteiger partial charge in [0.15, 0.2) is 0 Å².